The standard InChI is InChI=1S/C14H15ClN2O3/c1-17-8-10(14(19)16-7-13(17)18)5-9-6-11(15)3-4-12(9)20-2/h3-6H,7-8H2,1-2H3,(H,16,19)/b10-5+. The number of amides is 2. The number of nitrogens with zero attached hydrogens (tertiary/aromatic N) is 1. The van der Waals surface area contributed by atoms with Crippen molar-refractivity contribution in [3.8, 4) is 5.75 Å². The van der Waals surface area contributed by atoms with Crippen molar-refractivity contribution in [2.75, 3.05) is 27.2 Å². The van der Waals surface area contributed by atoms with Crippen LogP contribution in [0.5, 0.6) is 5.75 Å². The molecule has 5 nitrogen and oxygen atoms in total. The maximum atomic E-state index is 12.0. The first kappa shape index (κ1) is 14.4. The Morgan fingerprint density at radius 1 is 1.40 bits per heavy atom. The van der Waals surface area contributed by atoms with E-state index in [0.29, 0.717) is 21.9 Å². The van der Waals surface area contributed by atoms with Gasteiger partial charge >= 0.3 is 0 Å². The highest BCUT2D eigenvalue weighted by Crippen LogP contribution is 2.25. The average Bonchev–Trinajstić information content (AvgIpc) is 2.53. The van der Waals surface area contributed by atoms with Crippen molar-refractivity contribution in [3.63, 3.8) is 0 Å². The van der Waals surface area contributed by atoms with Gasteiger partial charge in [-0.25, -0.2) is 0 Å². The summed E-state index contributed by atoms with van der Waals surface area (Å²) in [6.07, 6.45) is 1.69. The molecule has 2 rings (SSSR count). The number of hydrogen-bond donors (Lipinski definition) is 1. The highest BCUT2D eigenvalue weighted by Gasteiger charge is 2.21. The van der Waals surface area contributed by atoms with Gasteiger partial charge in [-0.1, -0.05) is 11.6 Å². The predicted octanol–water partition coefficient (Wildman–Crippen LogP) is 1.32. The number of halogens is 1. The van der Waals surface area contributed by atoms with E-state index in [9.17, 15) is 9.59 Å². The Balaban J connectivity index is 2.40. The number of ether oxygens (including phenoxy) is 1. The molecule has 0 unspecified atom stereocenters. The molecule has 0 aromatic heterocycles. The molecule has 6 heteroatoms. The van der Waals surface area contributed by atoms with Gasteiger partial charge < -0.3 is 15.0 Å². The molecule has 0 aliphatic carbocycles. The van der Waals surface area contributed by atoms with Crippen molar-refractivity contribution < 1.29 is 14.3 Å². The lowest BCUT2D eigenvalue weighted by molar-refractivity contribution is -0.128. The van der Waals surface area contributed by atoms with Crippen molar-refractivity contribution in [2.45, 2.75) is 0 Å². The highest BCUT2D eigenvalue weighted by atomic mass is 35.5. The number of rotatable bonds is 2. The Morgan fingerprint density at radius 2 is 2.15 bits per heavy atom. The van der Waals surface area contributed by atoms with Gasteiger partial charge in [0.05, 0.1) is 20.2 Å². The van der Waals surface area contributed by atoms with E-state index < -0.39 is 0 Å². The Kier molecular flexibility index (Phi) is 4.29. The molecule has 1 heterocycles. The molecule has 0 saturated carbocycles. The molecule has 1 aliphatic heterocycles. The molecular weight excluding hydrogens is 280 g/mol. The minimum atomic E-state index is -0.260. The van der Waals surface area contributed by atoms with Crippen LogP contribution in [0.15, 0.2) is 23.8 Å². The van der Waals surface area contributed by atoms with Crippen LogP contribution in [-0.4, -0.2) is 44.0 Å². The third kappa shape index (κ3) is 3.11. The van der Waals surface area contributed by atoms with E-state index in [0.717, 1.165) is 0 Å². The lowest BCUT2D eigenvalue weighted by atomic mass is 10.1. The molecule has 0 atom stereocenters. The maximum absolute atomic E-state index is 12.0. The summed E-state index contributed by atoms with van der Waals surface area (Å²) in [7, 11) is 3.21. The third-order valence-corrected chi connectivity index (χ3v) is 3.28. The lowest BCUT2D eigenvalue weighted by Gasteiger charge is -2.13. The van der Waals surface area contributed by atoms with Crippen molar-refractivity contribution in [1.29, 1.82) is 0 Å². The zero-order valence-electron chi connectivity index (χ0n) is 11.3. The Morgan fingerprint density at radius 3 is 2.85 bits per heavy atom. The summed E-state index contributed by atoms with van der Waals surface area (Å²) in [5.41, 5.74) is 1.19. The minimum Gasteiger partial charge on any atom is -0.496 e. The van der Waals surface area contributed by atoms with Gasteiger partial charge in [0.1, 0.15) is 5.75 Å². The second-order valence-corrected chi connectivity index (χ2v) is 4.92. The summed E-state index contributed by atoms with van der Waals surface area (Å²) >= 11 is 5.96. The Labute approximate surface area is 122 Å². The van der Waals surface area contributed by atoms with Crippen LogP contribution in [0.1, 0.15) is 5.56 Å². The molecule has 1 aromatic carbocycles. The number of carbonyl (C=O) groups excluding carboxylic acids is 2. The summed E-state index contributed by atoms with van der Waals surface area (Å²) in [5.74, 6) is 0.234. The zero-order chi connectivity index (χ0) is 14.7. The molecule has 1 aromatic rings. The van der Waals surface area contributed by atoms with E-state index in [1.165, 1.54) is 4.90 Å². The van der Waals surface area contributed by atoms with Crippen LogP contribution in [0, 0.1) is 0 Å². The van der Waals surface area contributed by atoms with Gasteiger partial charge in [0.15, 0.2) is 0 Å². The van der Waals surface area contributed by atoms with Crippen LogP contribution in [0.4, 0.5) is 0 Å². The van der Waals surface area contributed by atoms with Crippen LogP contribution < -0.4 is 10.1 Å². The van der Waals surface area contributed by atoms with Crippen molar-refractivity contribution in [1.82, 2.24) is 10.2 Å². The first-order valence-electron chi connectivity index (χ1n) is 6.07. The zero-order valence-corrected chi connectivity index (χ0v) is 12.0. The predicted molar refractivity (Wildman–Crippen MR) is 76.6 cm³/mol. The maximum Gasteiger partial charge on any atom is 0.249 e. The molecule has 106 valence electrons. The monoisotopic (exact) mass is 294 g/mol. The molecule has 1 saturated heterocycles. The molecule has 0 spiro atoms. The molecule has 1 aliphatic rings. The Hall–Kier alpha value is -2.01. The van der Waals surface area contributed by atoms with E-state index >= 15 is 0 Å². The second kappa shape index (κ2) is 5.96. The first-order chi connectivity index (χ1) is 9.51. The van der Waals surface area contributed by atoms with Crippen LogP contribution >= 0.6 is 11.6 Å². The Bertz CT molecular complexity index is 584. The third-order valence-electron chi connectivity index (χ3n) is 3.05. The number of hydrogen-bond acceptors (Lipinski definition) is 3. The highest BCUT2D eigenvalue weighted by molar-refractivity contribution is 6.30. The molecule has 1 fully saturated rings. The number of carbonyl (C=O) groups is 2. The fraction of sp³-hybridized carbons (Fsp3) is 0.286. The SMILES string of the molecule is COc1ccc(Cl)cc1/C=C1\CN(C)C(=O)CNC1=O. The molecule has 20 heavy (non-hydrogen) atoms. The summed E-state index contributed by atoms with van der Waals surface area (Å²) in [5, 5.41) is 3.13. The summed E-state index contributed by atoms with van der Waals surface area (Å²) in [6, 6.07) is 5.16. The normalized spacial score (nSPS) is 17.9. The van der Waals surface area contributed by atoms with Gasteiger partial charge in [-0.05, 0) is 24.3 Å². The minimum absolute atomic E-state index is 0.0132. The van der Waals surface area contributed by atoms with Crippen LogP contribution in [0.2, 0.25) is 5.02 Å². The number of nitrogens with one attached hydrogen (secondary N) is 1. The largest absolute Gasteiger partial charge is 0.496 e. The molecule has 1 N–H and O–H groups in total. The van der Waals surface area contributed by atoms with Crippen molar-refractivity contribution in [3.05, 3.63) is 34.4 Å². The van der Waals surface area contributed by atoms with E-state index in [4.69, 9.17) is 16.3 Å². The summed E-state index contributed by atoms with van der Waals surface area (Å²) in [6.45, 7) is 0.264. The lowest BCUT2D eigenvalue weighted by Crippen LogP contribution is -2.32. The molecule has 2 amide bonds. The van der Waals surface area contributed by atoms with Gasteiger partial charge in [-0.3, -0.25) is 9.59 Å². The number of likely N-dealkylation sites (N-methyl/N-ethyl adjacent to an activating group) is 1. The van der Waals surface area contributed by atoms with Crippen molar-refractivity contribution >= 4 is 29.5 Å². The van der Waals surface area contributed by atoms with E-state index in [-0.39, 0.29) is 24.9 Å². The molecule has 0 bridgehead atoms. The smallest absolute Gasteiger partial charge is 0.249 e. The number of methoxy groups -OCH3 is 1. The summed E-state index contributed by atoms with van der Waals surface area (Å²) in [4.78, 5) is 25.0. The van der Waals surface area contributed by atoms with Gasteiger partial charge in [0.25, 0.3) is 0 Å². The van der Waals surface area contributed by atoms with Crippen LogP contribution in [0.3, 0.4) is 0 Å². The van der Waals surface area contributed by atoms with Gasteiger partial charge in [0.2, 0.25) is 11.8 Å². The molecular formula is C14H15ClN2O3. The van der Waals surface area contributed by atoms with Gasteiger partial charge in [-0.2, -0.15) is 0 Å². The number of benzene rings is 1. The quantitative estimate of drug-likeness (QED) is 0.837. The summed E-state index contributed by atoms with van der Waals surface area (Å²) < 4.78 is 5.24. The van der Waals surface area contributed by atoms with E-state index in [1.54, 1.807) is 38.4 Å². The second-order valence-electron chi connectivity index (χ2n) is 4.49. The van der Waals surface area contributed by atoms with Crippen molar-refractivity contribution in [2.24, 2.45) is 0 Å². The van der Waals surface area contributed by atoms with Crippen LogP contribution in [0.25, 0.3) is 6.08 Å². The van der Waals surface area contributed by atoms with Crippen LogP contribution in [-0.2, 0) is 9.59 Å². The molecule has 0 radical (unpaired) electrons. The van der Waals surface area contributed by atoms with Gasteiger partial charge in [0, 0.05) is 23.2 Å². The van der Waals surface area contributed by atoms with E-state index in [1.807, 2.05) is 0 Å². The fourth-order valence-corrected chi connectivity index (χ4v) is 2.12. The van der Waals surface area contributed by atoms with Gasteiger partial charge in [-0.15, -0.1) is 0 Å². The first-order valence-corrected chi connectivity index (χ1v) is 6.45. The fourth-order valence-electron chi connectivity index (χ4n) is 1.94. The average molecular weight is 295 g/mol. The van der Waals surface area contributed by atoms with E-state index in [2.05, 4.69) is 5.32 Å². The topological polar surface area (TPSA) is 58.6 Å².